The van der Waals surface area contributed by atoms with Gasteiger partial charge in [0, 0.05) is 24.4 Å². The zero-order chi connectivity index (χ0) is 12.3. The Hall–Kier alpha value is -1.29. The molecule has 1 heterocycles. The SMILES string of the molecule is CCC(C)(C)C(=O)N(O)Cc1cccn1C. The van der Waals surface area contributed by atoms with E-state index in [9.17, 15) is 10.0 Å². The van der Waals surface area contributed by atoms with Crippen molar-refractivity contribution in [2.24, 2.45) is 12.5 Å². The number of aromatic nitrogens is 1. The molecule has 0 bridgehead atoms. The van der Waals surface area contributed by atoms with Crippen LogP contribution in [0.3, 0.4) is 0 Å². The second kappa shape index (κ2) is 4.70. The number of carbonyl (C=O) groups is 1. The minimum absolute atomic E-state index is 0.228. The normalized spacial score (nSPS) is 11.6. The summed E-state index contributed by atoms with van der Waals surface area (Å²) >= 11 is 0. The molecule has 1 N–H and O–H groups in total. The smallest absolute Gasteiger partial charge is 0.251 e. The molecule has 1 amide bonds. The number of hydrogen-bond donors (Lipinski definition) is 1. The molecule has 0 fully saturated rings. The number of rotatable bonds is 4. The molecule has 1 aromatic rings. The van der Waals surface area contributed by atoms with Gasteiger partial charge in [0.1, 0.15) is 0 Å². The Labute approximate surface area is 96.4 Å². The molecule has 0 saturated carbocycles. The first-order valence-corrected chi connectivity index (χ1v) is 5.49. The molecule has 16 heavy (non-hydrogen) atoms. The van der Waals surface area contributed by atoms with E-state index in [-0.39, 0.29) is 12.5 Å². The third kappa shape index (κ3) is 2.64. The summed E-state index contributed by atoms with van der Waals surface area (Å²) in [5, 5.41) is 10.6. The van der Waals surface area contributed by atoms with Crippen LogP contribution in [0.1, 0.15) is 32.9 Å². The van der Waals surface area contributed by atoms with Crippen LogP contribution in [0.15, 0.2) is 18.3 Å². The van der Waals surface area contributed by atoms with Gasteiger partial charge in [-0.15, -0.1) is 0 Å². The highest BCUT2D eigenvalue weighted by Crippen LogP contribution is 2.23. The molecule has 0 aliphatic heterocycles. The number of amides is 1. The first-order valence-electron chi connectivity index (χ1n) is 5.49. The fraction of sp³-hybridized carbons (Fsp3) is 0.583. The van der Waals surface area contributed by atoms with Crippen LogP contribution < -0.4 is 0 Å². The number of carbonyl (C=O) groups excluding carboxylic acids is 1. The quantitative estimate of drug-likeness (QED) is 0.629. The number of hydrogen-bond acceptors (Lipinski definition) is 2. The molecule has 0 unspecified atom stereocenters. The number of nitrogens with zero attached hydrogens (tertiary/aromatic N) is 2. The highest BCUT2D eigenvalue weighted by atomic mass is 16.5. The van der Waals surface area contributed by atoms with Crippen molar-refractivity contribution >= 4 is 5.91 Å². The van der Waals surface area contributed by atoms with Crippen molar-refractivity contribution in [3.8, 4) is 0 Å². The lowest BCUT2D eigenvalue weighted by atomic mass is 9.89. The van der Waals surface area contributed by atoms with Crippen molar-refractivity contribution < 1.29 is 10.0 Å². The van der Waals surface area contributed by atoms with E-state index in [2.05, 4.69) is 0 Å². The van der Waals surface area contributed by atoms with Crippen LogP contribution in [0.4, 0.5) is 0 Å². The predicted octanol–water partition coefficient (Wildman–Crippen LogP) is 2.18. The van der Waals surface area contributed by atoms with Gasteiger partial charge in [0.2, 0.25) is 0 Å². The molecule has 0 atom stereocenters. The van der Waals surface area contributed by atoms with Crippen molar-refractivity contribution in [3.05, 3.63) is 24.0 Å². The summed E-state index contributed by atoms with van der Waals surface area (Å²) in [6, 6.07) is 3.77. The molecule has 90 valence electrons. The van der Waals surface area contributed by atoms with Crippen LogP contribution in [-0.2, 0) is 18.4 Å². The Bertz CT molecular complexity index is 369. The molecule has 0 spiro atoms. The van der Waals surface area contributed by atoms with Crippen LogP contribution >= 0.6 is 0 Å². The molecule has 0 aliphatic rings. The average molecular weight is 224 g/mol. The summed E-state index contributed by atoms with van der Waals surface area (Å²) in [6.45, 7) is 5.84. The van der Waals surface area contributed by atoms with Crippen molar-refractivity contribution in [2.75, 3.05) is 0 Å². The zero-order valence-electron chi connectivity index (χ0n) is 10.4. The van der Waals surface area contributed by atoms with Gasteiger partial charge in [0.05, 0.1) is 6.54 Å². The summed E-state index contributed by atoms with van der Waals surface area (Å²) < 4.78 is 1.88. The van der Waals surface area contributed by atoms with E-state index in [1.165, 1.54) is 0 Å². The van der Waals surface area contributed by atoms with E-state index in [0.29, 0.717) is 6.42 Å². The van der Waals surface area contributed by atoms with Crippen molar-refractivity contribution in [3.63, 3.8) is 0 Å². The Kier molecular flexibility index (Phi) is 3.75. The third-order valence-corrected chi connectivity index (χ3v) is 3.06. The number of aryl methyl sites for hydroxylation is 1. The Morgan fingerprint density at radius 1 is 1.56 bits per heavy atom. The van der Waals surface area contributed by atoms with Crippen molar-refractivity contribution in [1.29, 1.82) is 0 Å². The third-order valence-electron chi connectivity index (χ3n) is 3.06. The Morgan fingerprint density at radius 2 is 2.19 bits per heavy atom. The molecule has 1 rings (SSSR count). The molecule has 4 nitrogen and oxygen atoms in total. The molecule has 1 aromatic heterocycles. The second-order valence-corrected chi connectivity index (χ2v) is 4.71. The average Bonchev–Trinajstić information content (AvgIpc) is 2.63. The lowest BCUT2D eigenvalue weighted by Gasteiger charge is -2.26. The molecular weight excluding hydrogens is 204 g/mol. The van der Waals surface area contributed by atoms with Gasteiger partial charge in [-0.1, -0.05) is 20.8 Å². The van der Waals surface area contributed by atoms with E-state index in [0.717, 1.165) is 10.8 Å². The van der Waals surface area contributed by atoms with Crippen LogP contribution in [0.25, 0.3) is 0 Å². The van der Waals surface area contributed by atoms with Crippen LogP contribution in [-0.4, -0.2) is 20.7 Å². The highest BCUT2D eigenvalue weighted by molar-refractivity contribution is 5.80. The lowest BCUT2D eigenvalue weighted by molar-refractivity contribution is -0.178. The van der Waals surface area contributed by atoms with Gasteiger partial charge in [0.15, 0.2) is 0 Å². The van der Waals surface area contributed by atoms with Gasteiger partial charge in [-0.25, -0.2) is 5.06 Å². The predicted molar refractivity (Wildman–Crippen MR) is 61.8 cm³/mol. The molecular formula is C12H20N2O2. The summed E-state index contributed by atoms with van der Waals surface area (Å²) in [5.74, 6) is -0.240. The van der Waals surface area contributed by atoms with Gasteiger partial charge in [-0.2, -0.15) is 0 Å². The molecule has 0 saturated heterocycles. The van der Waals surface area contributed by atoms with Gasteiger partial charge < -0.3 is 4.57 Å². The molecule has 0 aromatic carbocycles. The van der Waals surface area contributed by atoms with E-state index in [4.69, 9.17) is 0 Å². The summed E-state index contributed by atoms with van der Waals surface area (Å²) in [6.07, 6.45) is 2.59. The van der Waals surface area contributed by atoms with Crippen LogP contribution in [0.5, 0.6) is 0 Å². The topological polar surface area (TPSA) is 45.5 Å². The fourth-order valence-corrected chi connectivity index (χ4v) is 1.39. The maximum atomic E-state index is 11.9. The van der Waals surface area contributed by atoms with E-state index >= 15 is 0 Å². The summed E-state index contributed by atoms with van der Waals surface area (Å²) in [7, 11) is 1.89. The Balaban J connectivity index is 2.70. The summed E-state index contributed by atoms with van der Waals surface area (Å²) in [5.41, 5.74) is 0.391. The van der Waals surface area contributed by atoms with Crippen LogP contribution in [0, 0.1) is 5.41 Å². The second-order valence-electron chi connectivity index (χ2n) is 4.71. The minimum atomic E-state index is -0.514. The molecule has 0 radical (unpaired) electrons. The van der Waals surface area contributed by atoms with Crippen LogP contribution in [0.2, 0.25) is 0 Å². The molecule has 0 aliphatic carbocycles. The monoisotopic (exact) mass is 224 g/mol. The van der Waals surface area contributed by atoms with Gasteiger partial charge in [0.25, 0.3) is 5.91 Å². The van der Waals surface area contributed by atoms with E-state index < -0.39 is 5.41 Å². The Morgan fingerprint density at radius 3 is 2.62 bits per heavy atom. The van der Waals surface area contributed by atoms with Gasteiger partial charge in [-0.05, 0) is 18.6 Å². The summed E-state index contributed by atoms with van der Waals surface area (Å²) in [4.78, 5) is 11.9. The van der Waals surface area contributed by atoms with E-state index in [1.807, 2.05) is 50.7 Å². The van der Waals surface area contributed by atoms with Crippen molar-refractivity contribution in [1.82, 2.24) is 9.63 Å². The first kappa shape index (κ1) is 12.8. The number of hydroxylamine groups is 2. The lowest BCUT2D eigenvalue weighted by Crippen LogP contribution is -2.38. The minimum Gasteiger partial charge on any atom is -0.353 e. The first-order chi connectivity index (χ1) is 7.38. The fourth-order valence-electron chi connectivity index (χ4n) is 1.39. The van der Waals surface area contributed by atoms with Crippen molar-refractivity contribution in [2.45, 2.75) is 33.7 Å². The largest absolute Gasteiger partial charge is 0.353 e. The maximum absolute atomic E-state index is 11.9. The van der Waals surface area contributed by atoms with E-state index in [1.54, 1.807) is 0 Å². The molecule has 4 heteroatoms. The van der Waals surface area contributed by atoms with Gasteiger partial charge >= 0.3 is 0 Å². The van der Waals surface area contributed by atoms with Gasteiger partial charge in [-0.3, -0.25) is 10.0 Å². The zero-order valence-corrected chi connectivity index (χ0v) is 10.4. The highest BCUT2D eigenvalue weighted by Gasteiger charge is 2.29. The maximum Gasteiger partial charge on any atom is 0.251 e. The standard InChI is InChI=1S/C12H20N2O2/c1-5-12(2,3)11(15)14(16)9-10-7-6-8-13(10)4/h6-8,16H,5,9H2,1-4H3.